The third kappa shape index (κ3) is 4.03. The summed E-state index contributed by atoms with van der Waals surface area (Å²) in [5, 5.41) is 0.443. The maximum atomic E-state index is 13.5. The molecule has 0 heterocycles. The Morgan fingerprint density at radius 3 is 1.96 bits per heavy atom. The quantitative estimate of drug-likeness (QED) is 0.704. The molecule has 4 heteroatoms. The normalized spacial score (nSPS) is 14.4. The first-order valence-corrected chi connectivity index (χ1v) is 9.76. The van der Waals surface area contributed by atoms with Gasteiger partial charge in [0.05, 0.1) is 6.10 Å². The summed E-state index contributed by atoms with van der Waals surface area (Å²) < 4.78 is 19.2. The minimum absolute atomic E-state index is 0.00906. The molecule has 0 aliphatic heterocycles. The molecule has 1 unspecified atom stereocenters. The first-order valence-electron chi connectivity index (χ1n) is 8.14. The lowest BCUT2D eigenvalue weighted by atomic mass is 9.87. The highest BCUT2D eigenvalue weighted by Crippen LogP contribution is 2.50. The van der Waals surface area contributed by atoms with Crippen molar-refractivity contribution in [2.75, 3.05) is 0 Å². The van der Waals surface area contributed by atoms with Crippen molar-refractivity contribution >= 4 is 18.2 Å². The second-order valence-corrected chi connectivity index (χ2v) is 9.41. The van der Waals surface area contributed by atoms with Crippen LogP contribution in [0.3, 0.4) is 0 Å². The topological polar surface area (TPSA) is 43.4 Å². The van der Waals surface area contributed by atoms with Crippen molar-refractivity contribution in [3.63, 3.8) is 0 Å². The Labute approximate surface area is 144 Å². The van der Waals surface area contributed by atoms with Crippen molar-refractivity contribution in [2.24, 2.45) is 0 Å². The first kappa shape index (κ1) is 18.6. The van der Waals surface area contributed by atoms with Gasteiger partial charge in [0, 0.05) is 10.9 Å². The van der Waals surface area contributed by atoms with Crippen LogP contribution in [0.5, 0.6) is 0 Å². The average molecular weight is 344 g/mol. The summed E-state index contributed by atoms with van der Waals surface area (Å²) in [6, 6.07) is 16.0. The molecule has 0 amide bonds. The number of hydrogen-bond acceptors (Lipinski definition) is 3. The monoisotopic (exact) mass is 344 g/mol. The molecule has 128 valence electrons. The molecule has 0 saturated carbocycles. The fraction of sp³-hybridized carbons (Fsp3) is 0.350. The minimum Gasteiger partial charge on any atom is -0.317 e. The second-order valence-electron chi connectivity index (χ2n) is 7.17. The van der Waals surface area contributed by atoms with E-state index >= 15 is 0 Å². The highest BCUT2D eigenvalue weighted by atomic mass is 31.2. The van der Waals surface area contributed by atoms with Gasteiger partial charge in [-0.1, -0.05) is 63.2 Å². The van der Waals surface area contributed by atoms with Gasteiger partial charge in [0.2, 0.25) is 0 Å². The predicted octanol–water partition coefficient (Wildman–Crippen LogP) is 5.15. The zero-order valence-corrected chi connectivity index (χ0v) is 15.8. The van der Waals surface area contributed by atoms with Crippen molar-refractivity contribution in [2.45, 2.75) is 46.1 Å². The van der Waals surface area contributed by atoms with Crippen LogP contribution in [0, 0.1) is 0 Å². The summed E-state index contributed by atoms with van der Waals surface area (Å²) in [5.74, 6) is 0. The maximum Gasteiger partial charge on any atom is 0.301 e. The summed E-state index contributed by atoms with van der Waals surface area (Å²) in [6.45, 7) is 9.91. The molecule has 0 saturated heterocycles. The SMILES string of the molecule is CC(C)OP(=O)(C(=O)c1ccccc1)c1ccc(C(C)(C)C)cc1. The van der Waals surface area contributed by atoms with Crippen LogP contribution in [-0.4, -0.2) is 11.6 Å². The Balaban J connectivity index is 2.48. The Kier molecular flexibility index (Phi) is 5.47. The minimum atomic E-state index is -3.65. The summed E-state index contributed by atoms with van der Waals surface area (Å²) >= 11 is 0. The van der Waals surface area contributed by atoms with Gasteiger partial charge in [-0.2, -0.15) is 0 Å². The lowest BCUT2D eigenvalue weighted by molar-refractivity contribution is 0.104. The molecule has 0 spiro atoms. The van der Waals surface area contributed by atoms with E-state index in [9.17, 15) is 9.36 Å². The van der Waals surface area contributed by atoms with Crippen LogP contribution in [0.1, 0.15) is 50.5 Å². The summed E-state index contributed by atoms with van der Waals surface area (Å²) in [6.07, 6.45) is -0.314. The summed E-state index contributed by atoms with van der Waals surface area (Å²) in [4.78, 5) is 12.9. The summed E-state index contributed by atoms with van der Waals surface area (Å²) in [7, 11) is -3.65. The van der Waals surface area contributed by atoms with Crippen molar-refractivity contribution < 1.29 is 13.9 Å². The van der Waals surface area contributed by atoms with Crippen LogP contribution >= 0.6 is 7.37 Å². The molecule has 2 aromatic carbocycles. The average Bonchev–Trinajstić information content (AvgIpc) is 2.53. The van der Waals surface area contributed by atoms with E-state index in [-0.39, 0.29) is 11.5 Å². The van der Waals surface area contributed by atoms with Gasteiger partial charge in [-0.15, -0.1) is 0 Å². The molecule has 3 nitrogen and oxygen atoms in total. The van der Waals surface area contributed by atoms with E-state index in [1.54, 1.807) is 50.2 Å². The van der Waals surface area contributed by atoms with Gasteiger partial charge in [0.25, 0.3) is 5.52 Å². The predicted molar refractivity (Wildman–Crippen MR) is 99.4 cm³/mol. The lowest BCUT2D eigenvalue weighted by Gasteiger charge is -2.23. The van der Waals surface area contributed by atoms with Gasteiger partial charge in [-0.05, 0) is 37.0 Å². The molecular weight excluding hydrogens is 319 g/mol. The molecule has 0 radical (unpaired) electrons. The van der Waals surface area contributed by atoms with Crippen LogP contribution < -0.4 is 5.30 Å². The van der Waals surface area contributed by atoms with Crippen LogP contribution in [0.4, 0.5) is 0 Å². The maximum absolute atomic E-state index is 13.5. The van der Waals surface area contributed by atoms with E-state index in [1.165, 1.54) is 0 Å². The van der Waals surface area contributed by atoms with Crippen LogP contribution in [0.15, 0.2) is 54.6 Å². The third-order valence-electron chi connectivity index (χ3n) is 3.72. The van der Waals surface area contributed by atoms with Crippen LogP contribution in [0.25, 0.3) is 0 Å². The zero-order chi connectivity index (χ0) is 18.0. The van der Waals surface area contributed by atoms with Crippen molar-refractivity contribution in [1.29, 1.82) is 0 Å². The fourth-order valence-corrected chi connectivity index (χ4v) is 4.51. The van der Waals surface area contributed by atoms with Gasteiger partial charge in [-0.3, -0.25) is 9.36 Å². The van der Waals surface area contributed by atoms with Crippen molar-refractivity contribution in [3.05, 3.63) is 65.7 Å². The van der Waals surface area contributed by atoms with Crippen molar-refractivity contribution in [3.8, 4) is 0 Å². The van der Waals surface area contributed by atoms with E-state index in [0.717, 1.165) is 5.56 Å². The third-order valence-corrected chi connectivity index (χ3v) is 6.21. The van der Waals surface area contributed by atoms with Gasteiger partial charge in [-0.25, -0.2) is 0 Å². The Morgan fingerprint density at radius 2 is 1.50 bits per heavy atom. The molecule has 0 aliphatic carbocycles. The van der Waals surface area contributed by atoms with Gasteiger partial charge >= 0.3 is 7.37 Å². The molecule has 2 rings (SSSR count). The number of hydrogen-bond donors (Lipinski definition) is 0. The van der Waals surface area contributed by atoms with Gasteiger partial charge in [0.15, 0.2) is 0 Å². The molecule has 24 heavy (non-hydrogen) atoms. The van der Waals surface area contributed by atoms with E-state index in [4.69, 9.17) is 4.52 Å². The number of carbonyl (C=O) groups is 1. The Bertz CT molecular complexity index is 741. The number of benzene rings is 2. The molecule has 0 aromatic heterocycles. The highest BCUT2D eigenvalue weighted by molar-refractivity contribution is 7.83. The standard InChI is InChI=1S/C20H25O3P/c1-15(2)23-24(22,19(21)16-9-7-6-8-10-16)18-13-11-17(12-14-18)20(3,4)5/h6-15H,1-5H3. The lowest BCUT2D eigenvalue weighted by Crippen LogP contribution is -2.20. The van der Waals surface area contributed by atoms with Gasteiger partial charge < -0.3 is 4.52 Å². The molecule has 1 atom stereocenters. The Hall–Kier alpha value is -1.70. The number of rotatable bonds is 5. The van der Waals surface area contributed by atoms with Crippen LogP contribution in [-0.2, 0) is 14.5 Å². The smallest absolute Gasteiger partial charge is 0.301 e. The summed E-state index contributed by atoms with van der Waals surface area (Å²) in [5.41, 5.74) is 1.06. The van der Waals surface area contributed by atoms with Crippen molar-refractivity contribution in [1.82, 2.24) is 0 Å². The molecule has 2 aromatic rings. The number of carbonyl (C=O) groups excluding carboxylic acids is 1. The molecule has 0 aliphatic rings. The van der Waals surface area contributed by atoms with E-state index in [0.29, 0.717) is 10.9 Å². The molecule has 0 bridgehead atoms. The first-order chi connectivity index (χ1) is 11.1. The molecular formula is C20H25O3P. The zero-order valence-electron chi connectivity index (χ0n) is 14.9. The van der Waals surface area contributed by atoms with Gasteiger partial charge in [0.1, 0.15) is 0 Å². The molecule has 0 N–H and O–H groups in total. The Morgan fingerprint density at radius 1 is 0.958 bits per heavy atom. The van der Waals surface area contributed by atoms with E-state index in [2.05, 4.69) is 20.8 Å². The van der Waals surface area contributed by atoms with E-state index < -0.39 is 12.9 Å². The van der Waals surface area contributed by atoms with E-state index in [1.807, 2.05) is 18.2 Å². The highest BCUT2D eigenvalue weighted by Gasteiger charge is 2.37. The molecule has 0 fully saturated rings. The largest absolute Gasteiger partial charge is 0.317 e. The van der Waals surface area contributed by atoms with Crippen LogP contribution in [0.2, 0.25) is 0 Å². The second kappa shape index (κ2) is 7.04. The fourth-order valence-electron chi connectivity index (χ4n) is 2.43.